The third-order valence-corrected chi connectivity index (χ3v) is 7.85. The Balaban J connectivity index is 1.64. The number of nitrogens with zero attached hydrogens (tertiary/aromatic N) is 4. The van der Waals surface area contributed by atoms with Gasteiger partial charge in [-0.25, -0.2) is 17.8 Å². The minimum absolute atomic E-state index is 0.0469. The van der Waals surface area contributed by atoms with Crippen molar-refractivity contribution in [3.63, 3.8) is 0 Å². The molecule has 1 N–H and O–H groups in total. The molecule has 32 heavy (non-hydrogen) atoms. The Hall–Kier alpha value is -3.08. The van der Waals surface area contributed by atoms with E-state index >= 15 is 0 Å². The SMILES string of the molecule is CC(Nc1nc2c(S(=O)(=O)c3ccc(Cl)cc3)nnn2c2ccsc12)c1ccc(F)cc1. The molecule has 0 aliphatic carbocycles. The maximum absolute atomic E-state index is 13.3. The van der Waals surface area contributed by atoms with Crippen molar-refractivity contribution in [3.05, 3.63) is 76.4 Å². The summed E-state index contributed by atoms with van der Waals surface area (Å²) < 4.78 is 42.0. The quantitative estimate of drug-likeness (QED) is 0.369. The fourth-order valence-electron chi connectivity index (χ4n) is 3.36. The van der Waals surface area contributed by atoms with Crippen molar-refractivity contribution in [2.24, 2.45) is 0 Å². The highest BCUT2D eigenvalue weighted by Crippen LogP contribution is 2.33. The van der Waals surface area contributed by atoms with Crippen molar-refractivity contribution in [2.45, 2.75) is 22.9 Å². The molecule has 0 saturated heterocycles. The van der Waals surface area contributed by atoms with E-state index in [1.165, 1.54) is 52.3 Å². The number of benzene rings is 2. The first-order chi connectivity index (χ1) is 15.3. The van der Waals surface area contributed by atoms with Crippen LogP contribution < -0.4 is 5.32 Å². The third-order valence-electron chi connectivity index (χ3n) is 5.02. The lowest BCUT2D eigenvalue weighted by molar-refractivity contribution is 0.592. The number of thiophene rings is 1. The van der Waals surface area contributed by atoms with Crippen LogP contribution in [0.3, 0.4) is 0 Å². The number of aromatic nitrogens is 4. The van der Waals surface area contributed by atoms with Gasteiger partial charge >= 0.3 is 0 Å². The van der Waals surface area contributed by atoms with E-state index in [4.69, 9.17) is 11.6 Å². The van der Waals surface area contributed by atoms with Crippen LogP contribution in [0, 0.1) is 5.82 Å². The van der Waals surface area contributed by atoms with Crippen LogP contribution in [0.2, 0.25) is 5.02 Å². The fraction of sp³-hybridized carbons (Fsp3) is 0.0952. The van der Waals surface area contributed by atoms with Crippen LogP contribution in [0.1, 0.15) is 18.5 Å². The highest BCUT2D eigenvalue weighted by atomic mass is 35.5. The van der Waals surface area contributed by atoms with Gasteiger partial charge in [0.15, 0.2) is 5.65 Å². The van der Waals surface area contributed by atoms with Gasteiger partial charge in [0.1, 0.15) is 11.6 Å². The first-order valence-electron chi connectivity index (χ1n) is 9.50. The highest BCUT2D eigenvalue weighted by Gasteiger charge is 2.27. The van der Waals surface area contributed by atoms with Crippen LogP contribution in [0.4, 0.5) is 10.2 Å². The Labute approximate surface area is 191 Å². The summed E-state index contributed by atoms with van der Waals surface area (Å²) in [5, 5.41) is 13.4. The Bertz CT molecular complexity index is 1550. The van der Waals surface area contributed by atoms with Gasteiger partial charge in [0, 0.05) is 11.1 Å². The van der Waals surface area contributed by atoms with Gasteiger partial charge in [-0.2, -0.15) is 4.52 Å². The van der Waals surface area contributed by atoms with E-state index in [2.05, 4.69) is 20.6 Å². The van der Waals surface area contributed by atoms with E-state index in [0.717, 1.165) is 10.3 Å². The number of nitrogens with one attached hydrogen (secondary N) is 1. The molecule has 1 unspecified atom stereocenters. The van der Waals surface area contributed by atoms with E-state index in [9.17, 15) is 12.8 Å². The zero-order valence-corrected chi connectivity index (χ0v) is 18.9. The fourth-order valence-corrected chi connectivity index (χ4v) is 5.55. The lowest BCUT2D eigenvalue weighted by Gasteiger charge is -2.16. The lowest BCUT2D eigenvalue weighted by Crippen LogP contribution is -2.10. The zero-order chi connectivity index (χ0) is 22.5. The molecule has 0 radical (unpaired) electrons. The van der Waals surface area contributed by atoms with Gasteiger partial charge in [-0.1, -0.05) is 28.9 Å². The van der Waals surface area contributed by atoms with Gasteiger partial charge < -0.3 is 5.32 Å². The second kappa shape index (κ2) is 7.80. The van der Waals surface area contributed by atoms with Crippen molar-refractivity contribution in [1.82, 2.24) is 19.8 Å². The van der Waals surface area contributed by atoms with E-state index in [1.54, 1.807) is 12.1 Å². The molecule has 0 bridgehead atoms. The van der Waals surface area contributed by atoms with Crippen molar-refractivity contribution < 1.29 is 12.8 Å². The normalized spacial score (nSPS) is 13.0. The molecule has 1 atom stereocenters. The molecule has 5 rings (SSSR count). The summed E-state index contributed by atoms with van der Waals surface area (Å²) >= 11 is 7.34. The van der Waals surface area contributed by atoms with Crippen LogP contribution in [0.15, 0.2) is 69.9 Å². The topological polar surface area (TPSA) is 89.2 Å². The summed E-state index contributed by atoms with van der Waals surface area (Å²) in [4.78, 5) is 4.63. The maximum Gasteiger partial charge on any atom is 0.229 e. The molecule has 0 saturated carbocycles. The molecule has 0 aliphatic rings. The molecule has 0 fully saturated rings. The first-order valence-corrected chi connectivity index (χ1v) is 12.2. The van der Waals surface area contributed by atoms with Crippen molar-refractivity contribution in [2.75, 3.05) is 5.32 Å². The van der Waals surface area contributed by atoms with Gasteiger partial charge in [0.05, 0.1) is 15.1 Å². The largest absolute Gasteiger partial charge is 0.362 e. The summed E-state index contributed by atoms with van der Waals surface area (Å²) in [6.07, 6.45) is 0. The summed E-state index contributed by atoms with van der Waals surface area (Å²) in [7, 11) is -3.97. The van der Waals surface area contributed by atoms with Crippen LogP contribution in [-0.4, -0.2) is 28.2 Å². The van der Waals surface area contributed by atoms with Crippen molar-refractivity contribution in [3.8, 4) is 0 Å². The minimum atomic E-state index is -3.97. The van der Waals surface area contributed by atoms with E-state index in [-0.39, 0.29) is 27.4 Å². The van der Waals surface area contributed by atoms with E-state index in [0.29, 0.717) is 16.4 Å². The monoisotopic (exact) mass is 487 g/mol. The number of rotatable bonds is 5. The number of halogens is 2. The van der Waals surface area contributed by atoms with Crippen LogP contribution in [0.5, 0.6) is 0 Å². The molecule has 7 nitrogen and oxygen atoms in total. The summed E-state index contributed by atoms with van der Waals surface area (Å²) in [6, 6.07) is 13.6. The van der Waals surface area contributed by atoms with Crippen LogP contribution >= 0.6 is 22.9 Å². The predicted octanol–water partition coefficient (Wildman–Crippen LogP) is 5.14. The molecule has 0 aliphatic heterocycles. The number of hydrogen-bond donors (Lipinski definition) is 1. The molecule has 162 valence electrons. The molecule has 11 heteroatoms. The Morgan fingerprint density at radius 2 is 1.81 bits per heavy atom. The van der Waals surface area contributed by atoms with Gasteiger partial charge in [-0.3, -0.25) is 0 Å². The molecule has 0 amide bonds. The van der Waals surface area contributed by atoms with Gasteiger partial charge in [-0.05, 0) is 60.3 Å². The Morgan fingerprint density at radius 1 is 1.09 bits per heavy atom. The van der Waals surface area contributed by atoms with Gasteiger partial charge in [0.2, 0.25) is 14.9 Å². The second-order valence-corrected chi connectivity index (χ2v) is 10.3. The standard InChI is InChI=1S/C21H15ClFN5O2S2/c1-12(13-2-6-15(23)7-3-13)24-19-18-17(10-11-31-18)28-20(25-19)21(26-27-28)32(29,30)16-8-4-14(22)5-9-16/h2-12H,1H3,(H,24,25). The second-order valence-electron chi connectivity index (χ2n) is 7.10. The molecule has 5 aromatic rings. The van der Waals surface area contributed by atoms with Crippen LogP contribution in [-0.2, 0) is 9.84 Å². The summed E-state index contributed by atoms with van der Waals surface area (Å²) in [5.41, 5.74) is 1.65. The van der Waals surface area contributed by atoms with Crippen molar-refractivity contribution in [1.29, 1.82) is 0 Å². The molecule has 3 aromatic heterocycles. The number of anilines is 1. The van der Waals surface area contributed by atoms with Crippen molar-refractivity contribution >= 4 is 54.5 Å². The summed E-state index contributed by atoms with van der Waals surface area (Å²) in [5.74, 6) is 0.178. The van der Waals surface area contributed by atoms with Gasteiger partial charge in [0.25, 0.3) is 0 Å². The lowest BCUT2D eigenvalue weighted by atomic mass is 10.1. The van der Waals surface area contributed by atoms with Gasteiger partial charge in [-0.15, -0.1) is 16.4 Å². The molecule has 3 heterocycles. The zero-order valence-electron chi connectivity index (χ0n) is 16.5. The van der Waals surface area contributed by atoms with E-state index in [1.807, 2.05) is 18.4 Å². The smallest absolute Gasteiger partial charge is 0.229 e. The summed E-state index contributed by atoms with van der Waals surface area (Å²) in [6.45, 7) is 1.92. The maximum atomic E-state index is 13.3. The molecule has 0 spiro atoms. The Kier molecular flexibility index (Phi) is 5.07. The average Bonchev–Trinajstić information content (AvgIpc) is 3.42. The number of fused-ring (bicyclic) bond motifs is 3. The minimum Gasteiger partial charge on any atom is -0.362 e. The van der Waals surface area contributed by atoms with Crippen LogP contribution in [0.25, 0.3) is 15.9 Å². The third kappa shape index (κ3) is 3.50. The number of hydrogen-bond acceptors (Lipinski definition) is 7. The average molecular weight is 488 g/mol. The number of sulfone groups is 1. The Morgan fingerprint density at radius 3 is 2.53 bits per heavy atom. The molecular weight excluding hydrogens is 473 g/mol. The highest BCUT2D eigenvalue weighted by molar-refractivity contribution is 7.91. The molecule has 2 aromatic carbocycles. The van der Waals surface area contributed by atoms with E-state index < -0.39 is 9.84 Å². The molecular formula is C21H15ClFN5O2S2. The predicted molar refractivity (Wildman–Crippen MR) is 122 cm³/mol. The first kappa shape index (κ1) is 20.8.